The number of fused-ring (bicyclic) bond motifs is 1. The van der Waals surface area contributed by atoms with Gasteiger partial charge in [-0.05, 0) is 66.0 Å². The van der Waals surface area contributed by atoms with Crippen LogP contribution in [0.5, 0.6) is 5.75 Å². The fraction of sp³-hybridized carbons (Fsp3) is 0.0417. The van der Waals surface area contributed by atoms with Crippen molar-refractivity contribution >= 4 is 55.2 Å². The average Bonchev–Trinajstić information content (AvgIpc) is 2.82. The quantitative estimate of drug-likeness (QED) is 0.231. The van der Waals surface area contributed by atoms with Crippen LogP contribution in [-0.2, 0) is 14.9 Å². The van der Waals surface area contributed by atoms with E-state index in [0.29, 0.717) is 22.7 Å². The smallest absolute Gasteiger partial charge is 0.744 e. The van der Waals surface area contributed by atoms with Gasteiger partial charge < -0.3 is 15.0 Å². The number of hydrogen-bond donors (Lipinski definition) is 2. The molecule has 0 aliphatic carbocycles. The van der Waals surface area contributed by atoms with E-state index in [2.05, 4.69) is 25.8 Å². The minimum absolute atomic E-state index is 0. The van der Waals surface area contributed by atoms with Crippen molar-refractivity contribution in [2.45, 2.75) is 11.8 Å². The van der Waals surface area contributed by atoms with Gasteiger partial charge >= 0.3 is 29.6 Å². The number of anilines is 1. The van der Waals surface area contributed by atoms with E-state index in [1.807, 2.05) is 30.3 Å². The summed E-state index contributed by atoms with van der Waals surface area (Å²) >= 11 is 0. The number of carbonyl (C=O) groups excluding carboxylic acids is 1. The van der Waals surface area contributed by atoms with Crippen molar-refractivity contribution < 1.29 is 52.4 Å². The van der Waals surface area contributed by atoms with Gasteiger partial charge in [-0.3, -0.25) is 4.79 Å². The molecule has 0 saturated carbocycles. The Balaban J connectivity index is 0.00000361. The molecule has 176 valence electrons. The van der Waals surface area contributed by atoms with Crippen LogP contribution in [0, 0.1) is 0 Å². The summed E-state index contributed by atoms with van der Waals surface area (Å²) in [5.41, 5.74) is 1.47. The molecule has 4 aromatic carbocycles. The molecular formula is C24H18N5NaO5S. The summed E-state index contributed by atoms with van der Waals surface area (Å²) in [7, 11) is -5.01. The zero-order valence-corrected chi connectivity index (χ0v) is 22.1. The van der Waals surface area contributed by atoms with Gasteiger partial charge in [-0.25, -0.2) is 8.42 Å². The van der Waals surface area contributed by atoms with Crippen molar-refractivity contribution in [3.8, 4) is 5.75 Å². The monoisotopic (exact) mass is 511 g/mol. The third-order valence-electron chi connectivity index (χ3n) is 4.79. The van der Waals surface area contributed by atoms with E-state index in [1.54, 1.807) is 24.3 Å². The minimum Gasteiger partial charge on any atom is -0.744 e. The average molecular weight is 511 g/mol. The first-order chi connectivity index (χ1) is 16.7. The first kappa shape index (κ1) is 27.1. The van der Waals surface area contributed by atoms with Crippen molar-refractivity contribution in [2.75, 3.05) is 5.32 Å². The van der Waals surface area contributed by atoms with E-state index in [1.165, 1.54) is 25.1 Å². The van der Waals surface area contributed by atoms with Crippen molar-refractivity contribution in [3.05, 3.63) is 78.9 Å². The third kappa shape index (κ3) is 6.59. The number of rotatable bonds is 6. The van der Waals surface area contributed by atoms with Crippen LogP contribution in [0.4, 0.5) is 28.4 Å². The maximum absolute atomic E-state index is 11.9. The van der Waals surface area contributed by atoms with Crippen LogP contribution in [0.2, 0.25) is 0 Å². The minimum atomic E-state index is -5.01. The summed E-state index contributed by atoms with van der Waals surface area (Å²) in [4.78, 5) is 10.6. The van der Waals surface area contributed by atoms with Gasteiger partial charge in [0.1, 0.15) is 15.8 Å². The summed E-state index contributed by atoms with van der Waals surface area (Å²) in [6, 6.07) is 21.1. The number of nitrogens with one attached hydrogen (secondary N) is 1. The summed E-state index contributed by atoms with van der Waals surface area (Å²) in [5.74, 6) is -0.855. The topological polar surface area (TPSA) is 156 Å². The molecule has 12 heteroatoms. The second-order valence-electron chi connectivity index (χ2n) is 7.40. The zero-order chi connectivity index (χ0) is 25.0. The van der Waals surface area contributed by atoms with Gasteiger partial charge in [-0.2, -0.15) is 15.3 Å². The number of benzene rings is 4. The number of carbonyl (C=O) groups is 1. The number of aromatic hydroxyl groups is 1. The van der Waals surface area contributed by atoms with Crippen LogP contribution in [0.3, 0.4) is 0 Å². The van der Waals surface area contributed by atoms with Crippen molar-refractivity contribution in [3.63, 3.8) is 0 Å². The zero-order valence-electron chi connectivity index (χ0n) is 19.3. The molecule has 0 heterocycles. The van der Waals surface area contributed by atoms with Crippen molar-refractivity contribution in [1.29, 1.82) is 0 Å². The van der Waals surface area contributed by atoms with Crippen LogP contribution >= 0.6 is 0 Å². The molecular weight excluding hydrogens is 493 g/mol. The van der Waals surface area contributed by atoms with E-state index in [0.717, 1.165) is 6.07 Å². The molecule has 36 heavy (non-hydrogen) atoms. The predicted octanol–water partition coefficient (Wildman–Crippen LogP) is 3.24. The molecule has 0 aliphatic rings. The summed E-state index contributed by atoms with van der Waals surface area (Å²) < 4.78 is 35.7. The number of amides is 1. The molecule has 0 atom stereocenters. The Morgan fingerprint density at radius 2 is 1.39 bits per heavy atom. The van der Waals surface area contributed by atoms with Gasteiger partial charge in [0.15, 0.2) is 5.75 Å². The van der Waals surface area contributed by atoms with E-state index < -0.39 is 26.5 Å². The number of hydrogen-bond acceptors (Lipinski definition) is 9. The largest absolute Gasteiger partial charge is 1.00 e. The Kier molecular flexibility index (Phi) is 8.66. The van der Waals surface area contributed by atoms with E-state index in [4.69, 9.17) is 0 Å². The molecule has 4 rings (SSSR count). The number of phenols is 1. The van der Waals surface area contributed by atoms with Gasteiger partial charge in [0.25, 0.3) is 0 Å². The third-order valence-corrected chi connectivity index (χ3v) is 5.64. The van der Waals surface area contributed by atoms with Crippen LogP contribution in [0.1, 0.15) is 6.92 Å². The number of azo groups is 2. The normalized spacial score (nSPS) is 11.6. The van der Waals surface area contributed by atoms with Crippen molar-refractivity contribution in [2.24, 2.45) is 20.5 Å². The predicted molar refractivity (Wildman–Crippen MR) is 129 cm³/mol. The SMILES string of the molecule is CC(=O)Nc1ccc2c(O)c(N=Nc3ccc(N=Nc4ccccc4)cc3)c(S(=O)(=O)[O-])cc2c1.[Na+]. The van der Waals surface area contributed by atoms with Gasteiger partial charge in [-0.1, -0.05) is 18.2 Å². The Hall–Kier alpha value is -3.48. The molecule has 0 fully saturated rings. The summed E-state index contributed by atoms with van der Waals surface area (Å²) in [5, 5.41) is 29.8. The van der Waals surface area contributed by atoms with Gasteiger partial charge in [-0.15, -0.1) is 5.11 Å². The number of nitrogens with zero attached hydrogens (tertiary/aromatic N) is 4. The molecule has 4 aromatic rings. The van der Waals surface area contributed by atoms with Gasteiger partial charge in [0.05, 0.1) is 22.0 Å². The van der Waals surface area contributed by atoms with Crippen molar-refractivity contribution in [1.82, 2.24) is 0 Å². The maximum Gasteiger partial charge on any atom is 1.00 e. The Morgan fingerprint density at radius 1 is 0.833 bits per heavy atom. The molecule has 0 bridgehead atoms. The number of phenolic OH excluding ortho intramolecular Hbond substituents is 1. The van der Waals surface area contributed by atoms with E-state index >= 15 is 0 Å². The van der Waals surface area contributed by atoms with Crippen LogP contribution in [0.25, 0.3) is 10.8 Å². The second-order valence-corrected chi connectivity index (χ2v) is 8.74. The summed E-state index contributed by atoms with van der Waals surface area (Å²) in [6.07, 6.45) is 0. The molecule has 0 aliphatic heterocycles. The maximum atomic E-state index is 11.9. The fourth-order valence-corrected chi connectivity index (χ4v) is 3.87. The molecule has 0 aromatic heterocycles. The Morgan fingerprint density at radius 3 is 1.94 bits per heavy atom. The first-order valence-electron chi connectivity index (χ1n) is 10.2. The Labute approximate surface area is 228 Å². The van der Waals surface area contributed by atoms with Gasteiger partial charge in [0.2, 0.25) is 5.91 Å². The molecule has 10 nitrogen and oxygen atoms in total. The van der Waals surface area contributed by atoms with Gasteiger partial charge in [0, 0.05) is 18.0 Å². The van der Waals surface area contributed by atoms with E-state index in [-0.39, 0.29) is 46.2 Å². The molecule has 0 spiro atoms. The fourth-order valence-electron chi connectivity index (χ4n) is 3.22. The summed E-state index contributed by atoms with van der Waals surface area (Å²) in [6.45, 7) is 1.32. The molecule has 0 radical (unpaired) electrons. The van der Waals surface area contributed by atoms with E-state index in [9.17, 15) is 22.9 Å². The molecule has 0 saturated heterocycles. The Bertz CT molecular complexity index is 1570. The first-order valence-corrected chi connectivity index (χ1v) is 11.6. The molecule has 1 amide bonds. The second kappa shape index (κ2) is 11.5. The molecule has 0 unspecified atom stereocenters. The van der Waals surface area contributed by atoms with Crippen LogP contribution in [0.15, 0.2) is 104 Å². The van der Waals surface area contributed by atoms with Crippen LogP contribution < -0.4 is 34.9 Å². The standard InChI is InChI=1S/C24H19N5O5S.Na/c1-15(30)25-20-11-12-21-16(13-20)14-22(35(32,33)34)23(24(21)31)29-28-19-9-7-18(8-10-19)27-26-17-5-3-2-4-6-17;/h2-14,31H,1H3,(H,25,30)(H,32,33,34);/q;+1/p-1. The molecule has 2 N–H and O–H groups in total. The van der Waals surface area contributed by atoms with Crippen LogP contribution in [-0.4, -0.2) is 24.0 Å².